The van der Waals surface area contributed by atoms with E-state index in [9.17, 15) is 22.8 Å². The fraction of sp³-hybridized carbons (Fsp3) is 0.286. The van der Waals surface area contributed by atoms with Crippen molar-refractivity contribution in [3.8, 4) is 0 Å². The number of halogens is 3. The predicted octanol–water partition coefficient (Wildman–Crippen LogP) is 5.53. The van der Waals surface area contributed by atoms with Gasteiger partial charge in [-0.15, -0.1) is 11.8 Å². The molecule has 1 aliphatic heterocycles. The average molecular weight is 469 g/mol. The highest BCUT2D eigenvalue weighted by molar-refractivity contribution is 8.17. The minimum atomic E-state index is -4.49. The second kappa shape index (κ2) is 10.2. The van der Waals surface area contributed by atoms with Crippen LogP contribution in [0.3, 0.4) is 0 Å². The third-order valence-corrected chi connectivity index (χ3v) is 6.62. The second-order valence-electron chi connectivity index (χ2n) is 6.45. The number of nitrogens with zero attached hydrogens (tertiary/aromatic N) is 1. The third kappa shape index (κ3) is 6.51. The lowest BCUT2D eigenvalue weighted by atomic mass is 10.2. The first-order valence-corrected chi connectivity index (χ1v) is 11.2. The molecule has 3 rings (SSSR count). The number of carbonyl (C=O) groups is 2. The third-order valence-electron chi connectivity index (χ3n) is 4.12. The van der Waals surface area contributed by atoms with Crippen molar-refractivity contribution in [1.29, 1.82) is 0 Å². The van der Waals surface area contributed by atoms with Gasteiger partial charge in [0.1, 0.15) is 0 Å². The Morgan fingerprint density at radius 2 is 1.97 bits per heavy atom. The summed E-state index contributed by atoms with van der Waals surface area (Å²) in [4.78, 5) is 29.8. The van der Waals surface area contributed by atoms with Gasteiger partial charge in [0.2, 0.25) is 5.91 Å². The number of nitrogens with one attached hydrogen (secondary N) is 1. The van der Waals surface area contributed by atoms with E-state index in [1.807, 2.05) is 24.3 Å². The van der Waals surface area contributed by atoms with Crippen molar-refractivity contribution >= 4 is 51.8 Å². The van der Waals surface area contributed by atoms with E-state index in [2.05, 4.69) is 10.3 Å². The maximum Gasteiger partial charge on any atom is 0.416 e. The standard InChI is InChI=1S/C21H19F3N2O3S2/c1-2-29-19(28)11-17-20(26-15-8-3-4-9-16(15)31-17)30-12-18(27)25-14-7-5-6-13(10-14)21(22,23)24/h3-10,17H,2,11-12H2,1H3,(H,25,27). The lowest BCUT2D eigenvalue weighted by molar-refractivity contribution is -0.142. The molecule has 0 saturated heterocycles. The maximum atomic E-state index is 12.8. The van der Waals surface area contributed by atoms with Crippen molar-refractivity contribution in [3.05, 3.63) is 54.1 Å². The van der Waals surface area contributed by atoms with Gasteiger partial charge in [-0.25, -0.2) is 4.99 Å². The van der Waals surface area contributed by atoms with Gasteiger partial charge in [-0.1, -0.05) is 30.0 Å². The monoisotopic (exact) mass is 468 g/mol. The first-order chi connectivity index (χ1) is 14.8. The molecule has 164 valence electrons. The number of carbonyl (C=O) groups excluding carboxylic acids is 2. The van der Waals surface area contributed by atoms with E-state index >= 15 is 0 Å². The number of thioether (sulfide) groups is 2. The van der Waals surface area contributed by atoms with Crippen LogP contribution in [0.25, 0.3) is 0 Å². The van der Waals surface area contributed by atoms with Crippen LogP contribution in [0.1, 0.15) is 18.9 Å². The van der Waals surface area contributed by atoms with Crippen LogP contribution in [-0.2, 0) is 20.5 Å². The quantitative estimate of drug-likeness (QED) is 0.565. The van der Waals surface area contributed by atoms with E-state index < -0.39 is 17.6 Å². The van der Waals surface area contributed by atoms with Gasteiger partial charge in [-0.2, -0.15) is 13.2 Å². The van der Waals surface area contributed by atoms with Crippen LogP contribution in [0.2, 0.25) is 0 Å². The van der Waals surface area contributed by atoms with Gasteiger partial charge in [0.15, 0.2) is 0 Å². The summed E-state index contributed by atoms with van der Waals surface area (Å²) in [5.74, 6) is -0.885. The summed E-state index contributed by atoms with van der Waals surface area (Å²) in [5, 5.41) is 2.76. The van der Waals surface area contributed by atoms with Crippen LogP contribution in [0.15, 0.2) is 58.4 Å². The molecule has 0 aliphatic carbocycles. The Balaban J connectivity index is 1.68. The molecule has 10 heteroatoms. The molecule has 1 aliphatic rings. The number of esters is 1. The van der Waals surface area contributed by atoms with E-state index in [4.69, 9.17) is 4.74 Å². The number of hydrogen-bond acceptors (Lipinski definition) is 6. The van der Waals surface area contributed by atoms with Gasteiger partial charge in [0.25, 0.3) is 0 Å². The number of rotatable bonds is 6. The fourth-order valence-electron chi connectivity index (χ4n) is 2.78. The Morgan fingerprint density at radius 3 is 2.71 bits per heavy atom. The number of hydrogen-bond donors (Lipinski definition) is 1. The second-order valence-corrected chi connectivity index (χ2v) is 8.69. The lowest BCUT2D eigenvalue weighted by Crippen LogP contribution is -2.24. The maximum absolute atomic E-state index is 12.8. The summed E-state index contributed by atoms with van der Waals surface area (Å²) in [7, 11) is 0. The van der Waals surface area contributed by atoms with Gasteiger partial charge in [-0.3, -0.25) is 9.59 Å². The molecule has 5 nitrogen and oxygen atoms in total. The summed E-state index contributed by atoms with van der Waals surface area (Å²) in [5.41, 5.74) is -0.0284. The van der Waals surface area contributed by atoms with Crippen molar-refractivity contribution in [2.45, 2.75) is 29.7 Å². The van der Waals surface area contributed by atoms with Crippen LogP contribution >= 0.6 is 23.5 Å². The Bertz CT molecular complexity index is 996. The molecular formula is C21H19F3N2O3S2. The van der Waals surface area contributed by atoms with Crippen molar-refractivity contribution in [2.75, 3.05) is 17.7 Å². The summed E-state index contributed by atoms with van der Waals surface area (Å²) in [6, 6.07) is 11.9. The first kappa shape index (κ1) is 23.2. The molecule has 1 N–H and O–H groups in total. The average Bonchev–Trinajstić information content (AvgIpc) is 2.72. The van der Waals surface area contributed by atoms with Crippen LogP contribution in [0, 0.1) is 0 Å². The fourth-order valence-corrected chi connectivity index (χ4v) is 4.98. The topological polar surface area (TPSA) is 67.8 Å². The minimum Gasteiger partial charge on any atom is -0.466 e. The highest BCUT2D eigenvalue weighted by atomic mass is 32.2. The number of fused-ring (bicyclic) bond motifs is 1. The molecular weight excluding hydrogens is 449 g/mol. The molecule has 1 atom stereocenters. The predicted molar refractivity (Wildman–Crippen MR) is 117 cm³/mol. The zero-order valence-corrected chi connectivity index (χ0v) is 18.1. The van der Waals surface area contributed by atoms with Crippen molar-refractivity contribution in [3.63, 3.8) is 0 Å². The number of benzene rings is 2. The Morgan fingerprint density at radius 1 is 1.19 bits per heavy atom. The Kier molecular flexibility index (Phi) is 7.66. The van der Waals surface area contributed by atoms with E-state index in [-0.39, 0.29) is 35.7 Å². The molecule has 0 saturated carbocycles. The molecule has 2 aromatic rings. The number of ether oxygens (including phenoxy) is 1. The van der Waals surface area contributed by atoms with Crippen molar-refractivity contribution in [1.82, 2.24) is 0 Å². The van der Waals surface area contributed by atoms with E-state index in [0.29, 0.717) is 5.04 Å². The molecule has 0 radical (unpaired) electrons. The largest absolute Gasteiger partial charge is 0.466 e. The van der Waals surface area contributed by atoms with Gasteiger partial charge in [0, 0.05) is 10.6 Å². The van der Waals surface area contributed by atoms with Crippen LogP contribution in [0.4, 0.5) is 24.5 Å². The first-order valence-electron chi connectivity index (χ1n) is 9.36. The Labute approximate surface area is 185 Å². The number of para-hydroxylation sites is 1. The molecule has 0 bridgehead atoms. The molecule has 0 fully saturated rings. The molecule has 0 spiro atoms. The molecule has 2 aromatic carbocycles. The van der Waals surface area contributed by atoms with Crippen LogP contribution < -0.4 is 5.32 Å². The zero-order valence-electron chi connectivity index (χ0n) is 16.4. The van der Waals surface area contributed by atoms with Gasteiger partial charge >= 0.3 is 12.1 Å². The molecule has 1 heterocycles. The Hall–Kier alpha value is -2.46. The van der Waals surface area contributed by atoms with Gasteiger partial charge in [-0.05, 0) is 37.3 Å². The highest BCUT2D eigenvalue weighted by Gasteiger charge is 2.31. The number of aliphatic imine (C=N–C) groups is 1. The minimum absolute atomic E-state index is 0.0584. The smallest absolute Gasteiger partial charge is 0.416 e. The van der Waals surface area contributed by atoms with Crippen molar-refractivity contribution in [2.24, 2.45) is 4.99 Å². The van der Waals surface area contributed by atoms with Crippen LogP contribution in [0.5, 0.6) is 0 Å². The van der Waals surface area contributed by atoms with Gasteiger partial charge < -0.3 is 10.1 Å². The number of amides is 1. The van der Waals surface area contributed by atoms with Gasteiger partial charge in [0.05, 0.1) is 40.3 Å². The van der Waals surface area contributed by atoms with E-state index in [1.54, 1.807) is 6.92 Å². The van der Waals surface area contributed by atoms with E-state index in [1.165, 1.54) is 23.9 Å². The van der Waals surface area contributed by atoms with Crippen LogP contribution in [-0.4, -0.2) is 34.5 Å². The summed E-state index contributed by atoms with van der Waals surface area (Å²) >= 11 is 2.62. The summed E-state index contributed by atoms with van der Waals surface area (Å²) in [6.45, 7) is 1.99. The number of alkyl halides is 3. The molecule has 1 unspecified atom stereocenters. The highest BCUT2D eigenvalue weighted by Crippen LogP contribution is 2.41. The molecule has 0 aromatic heterocycles. The lowest BCUT2D eigenvalue weighted by Gasteiger charge is -2.23. The SMILES string of the molecule is CCOC(=O)CC1Sc2ccccc2N=C1SCC(=O)Nc1cccc(C(F)(F)F)c1. The molecule has 1 amide bonds. The summed E-state index contributed by atoms with van der Waals surface area (Å²) < 4.78 is 43.6. The summed E-state index contributed by atoms with van der Waals surface area (Å²) in [6.07, 6.45) is -4.38. The normalized spacial score (nSPS) is 15.6. The van der Waals surface area contributed by atoms with E-state index in [0.717, 1.165) is 34.5 Å². The van der Waals surface area contributed by atoms with Crippen molar-refractivity contribution < 1.29 is 27.5 Å². The molecule has 31 heavy (non-hydrogen) atoms. The zero-order chi connectivity index (χ0) is 22.4. The number of anilines is 1.